The second-order valence-electron chi connectivity index (χ2n) is 4.71. The normalized spacial score (nSPS) is 12.5. The van der Waals surface area contributed by atoms with Crippen molar-refractivity contribution in [2.45, 2.75) is 26.3 Å². The fourth-order valence-electron chi connectivity index (χ4n) is 1.73. The fraction of sp³-hybridized carbons (Fsp3) is 0.538. The van der Waals surface area contributed by atoms with Gasteiger partial charge < -0.3 is 10.2 Å². The molecular weight excluding hydrogens is 376 g/mol. The van der Waals surface area contributed by atoms with Crippen molar-refractivity contribution in [1.82, 2.24) is 4.90 Å². The van der Waals surface area contributed by atoms with E-state index < -0.39 is 10.7 Å². The van der Waals surface area contributed by atoms with Gasteiger partial charge in [-0.2, -0.15) is 0 Å². The number of benzene rings is 1. The van der Waals surface area contributed by atoms with Gasteiger partial charge in [-0.1, -0.05) is 6.92 Å². The van der Waals surface area contributed by atoms with E-state index in [4.69, 9.17) is 0 Å². The van der Waals surface area contributed by atoms with Crippen LogP contribution in [-0.2, 0) is 0 Å². The van der Waals surface area contributed by atoms with E-state index in [1.807, 2.05) is 7.05 Å². The minimum Gasteiger partial charge on any atom is -0.378 e. The molecule has 0 spiro atoms. The second-order valence-corrected chi connectivity index (χ2v) is 5.87. The van der Waals surface area contributed by atoms with Gasteiger partial charge in [-0.15, -0.1) is 0 Å². The predicted molar refractivity (Wildman–Crippen MR) is 86.6 cm³/mol. The Morgan fingerprint density at radius 3 is 2.75 bits per heavy atom. The quantitative estimate of drug-likeness (QED) is 0.436. The molecule has 0 saturated heterocycles. The fourth-order valence-corrected chi connectivity index (χ4v) is 2.18. The SMILES string of the molecule is CCC(C)N(C)CCNc1cc(F)c(I)cc1[N+](=O)[O-]. The summed E-state index contributed by atoms with van der Waals surface area (Å²) in [7, 11) is 2.00. The van der Waals surface area contributed by atoms with E-state index in [0.717, 1.165) is 13.0 Å². The Bertz CT molecular complexity index is 485. The van der Waals surface area contributed by atoms with Crippen molar-refractivity contribution in [1.29, 1.82) is 0 Å². The van der Waals surface area contributed by atoms with Crippen LogP contribution in [-0.4, -0.2) is 36.0 Å². The minimum absolute atomic E-state index is 0.0954. The summed E-state index contributed by atoms with van der Waals surface area (Å²) in [4.78, 5) is 12.6. The van der Waals surface area contributed by atoms with Crippen LogP contribution < -0.4 is 5.32 Å². The average Bonchev–Trinajstić information content (AvgIpc) is 2.40. The molecule has 1 rings (SSSR count). The van der Waals surface area contributed by atoms with Crippen molar-refractivity contribution < 1.29 is 9.31 Å². The third kappa shape index (κ3) is 4.55. The van der Waals surface area contributed by atoms with E-state index in [2.05, 4.69) is 24.1 Å². The van der Waals surface area contributed by atoms with Crippen LogP contribution in [0.3, 0.4) is 0 Å². The number of anilines is 1. The van der Waals surface area contributed by atoms with Gasteiger partial charge in [0.2, 0.25) is 0 Å². The van der Waals surface area contributed by atoms with Gasteiger partial charge >= 0.3 is 0 Å². The van der Waals surface area contributed by atoms with Crippen molar-refractivity contribution in [3.05, 3.63) is 31.6 Å². The molecule has 0 radical (unpaired) electrons. The van der Waals surface area contributed by atoms with Crippen LogP contribution in [0, 0.1) is 19.5 Å². The van der Waals surface area contributed by atoms with Gasteiger partial charge in [0.25, 0.3) is 5.69 Å². The Morgan fingerprint density at radius 1 is 1.55 bits per heavy atom. The van der Waals surface area contributed by atoms with Crippen LogP contribution >= 0.6 is 22.6 Å². The first-order valence-corrected chi connectivity index (χ1v) is 7.52. The Morgan fingerprint density at radius 2 is 2.20 bits per heavy atom. The van der Waals surface area contributed by atoms with Crippen molar-refractivity contribution in [3.8, 4) is 0 Å². The molecule has 0 saturated carbocycles. The van der Waals surface area contributed by atoms with Crippen LogP contribution in [0.15, 0.2) is 12.1 Å². The first-order chi connectivity index (χ1) is 9.36. The van der Waals surface area contributed by atoms with Crippen LogP contribution in [0.25, 0.3) is 0 Å². The third-order valence-electron chi connectivity index (χ3n) is 3.36. The molecule has 1 atom stereocenters. The Kier molecular flexibility index (Phi) is 6.60. The minimum atomic E-state index is -0.498. The molecular formula is C13H19FIN3O2. The topological polar surface area (TPSA) is 58.4 Å². The molecule has 0 aromatic heterocycles. The standard InChI is InChI=1S/C13H19FIN3O2/c1-4-9(2)17(3)6-5-16-12-7-10(14)11(15)8-13(12)18(19)20/h7-9,16H,4-6H2,1-3H3. The lowest BCUT2D eigenvalue weighted by Gasteiger charge is -2.23. The Balaban J connectivity index is 2.72. The lowest BCUT2D eigenvalue weighted by atomic mass is 10.2. The molecule has 0 fully saturated rings. The first-order valence-electron chi connectivity index (χ1n) is 6.44. The second kappa shape index (κ2) is 7.72. The van der Waals surface area contributed by atoms with Gasteiger partial charge in [-0.3, -0.25) is 10.1 Å². The summed E-state index contributed by atoms with van der Waals surface area (Å²) in [5, 5.41) is 13.9. The summed E-state index contributed by atoms with van der Waals surface area (Å²) in [5.74, 6) is -0.450. The van der Waals surface area contributed by atoms with E-state index in [1.165, 1.54) is 12.1 Å². The van der Waals surface area contributed by atoms with Gasteiger partial charge in [0.1, 0.15) is 11.5 Å². The molecule has 0 bridgehead atoms. The van der Waals surface area contributed by atoms with Crippen LogP contribution in [0.5, 0.6) is 0 Å². The van der Waals surface area contributed by atoms with Crippen molar-refractivity contribution in [2.24, 2.45) is 0 Å². The number of likely N-dealkylation sites (N-methyl/N-ethyl adjacent to an activating group) is 1. The summed E-state index contributed by atoms with van der Waals surface area (Å²) < 4.78 is 13.8. The molecule has 0 aliphatic heterocycles. The molecule has 0 heterocycles. The maximum Gasteiger partial charge on any atom is 0.293 e. The number of hydrogen-bond acceptors (Lipinski definition) is 4. The number of nitro benzene ring substituents is 1. The van der Waals surface area contributed by atoms with Gasteiger partial charge in [-0.25, -0.2) is 4.39 Å². The van der Waals surface area contributed by atoms with Crippen molar-refractivity contribution in [2.75, 3.05) is 25.5 Å². The van der Waals surface area contributed by atoms with Gasteiger partial charge in [0.05, 0.1) is 8.49 Å². The van der Waals surface area contributed by atoms with E-state index in [0.29, 0.717) is 12.6 Å². The number of nitrogens with one attached hydrogen (secondary N) is 1. The van der Waals surface area contributed by atoms with Crippen LogP contribution in [0.2, 0.25) is 0 Å². The van der Waals surface area contributed by atoms with Gasteiger partial charge in [-0.05, 0) is 43.0 Å². The molecule has 1 aromatic rings. The number of nitro groups is 1. The van der Waals surface area contributed by atoms with Crippen LogP contribution in [0.1, 0.15) is 20.3 Å². The highest BCUT2D eigenvalue weighted by Crippen LogP contribution is 2.28. The van der Waals surface area contributed by atoms with E-state index >= 15 is 0 Å². The average molecular weight is 395 g/mol. The zero-order valence-corrected chi connectivity index (χ0v) is 14.0. The summed E-state index contributed by atoms with van der Waals surface area (Å²) in [5.41, 5.74) is 0.132. The smallest absolute Gasteiger partial charge is 0.293 e. The molecule has 20 heavy (non-hydrogen) atoms. The number of hydrogen-bond donors (Lipinski definition) is 1. The highest BCUT2D eigenvalue weighted by Gasteiger charge is 2.17. The number of nitrogens with zero attached hydrogens (tertiary/aromatic N) is 2. The zero-order chi connectivity index (χ0) is 15.3. The predicted octanol–water partition coefficient (Wildman–Crippen LogP) is 3.48. The lowest BCUT2D eigenvalue weighted by Crippen LogP contribution is -2.32. The molecule has 7 heteroatoms. The maximum absolute atomic E-state index is 13.5. The van der Waals surface area contributed by atoms with Gasteiger partial charge in [0, 0.05) is 31.3 Å². The summed E-state index contributed by atoms with van der Waals surface area (Å²) in [6, 6.07) is 2.87. The number of halogens is 2. The zero-order valence-electron chi connectivity index (χ0n) is 11.8. The molecule has 0 amide bonds. The molecule has 0 aliphatic rings. The first kappa shape index (κ1) is 17.1. The number of rotatable bonds is 7. The third-order valence-corrected chi connectivity index (χ3v) is 4.19. The Labute approximate surface area is 131 Å². The van der Waals surface area contributed by atoms with Crippen molar-refractivity contribution >= 4 is 34.0 Å². The summed E-state index contributed by atoms with van der Waals surface area (Å²) >= 11 is 1.75. The molecule has 0 aliphatic carbocycles. The van der Waals surface area contributed by atoms with Crippen LogP contribution in [0.4, 0.5) is 15.8 Å². The van der Waals surface area contributed by atoms with E-state index in [-0.39, 0.29) is 14.9 Å². The van der Waals surface area contributed by atoms with E-state index in [1.54, 1.807) is 22.6 Å². The van der Waals surface area contributed by atoms with E-state index in [9.17, 15) is 14.5 Å². The van der Waals surface area contributed by atoms with Crippen molar-refractivity contribution in [3.63, 3.8) is 0 Å². The molecule has 1 N–H and O–H groups in total. The Hall–Kier alpha value is -0.960. The largest absolute Gasteiger partial charge is 0.378 e. The summed E-state index contributed by atoms with van der Waals surface area (Å²) in [6.07, 6.45) is 1.04. The lowest BCUT2D eigenvalue weighted by molar-refractivity contribution is -0.384. The molecule has 112 valence electrons. The monoisotopic (exact) mass is 395 g/mol. The molecule has 1 unspecified atom stereocenters. The maximum atomic E-state index is 13.5. The highest BCUT2D eigenvalue weighted by atomic mass is 127. The van der Waals surface area contributed by atoms with Gasteiger partial charge in [0.15, 0.2) is 0 Å². The highest BCUT2D eigenvalue weighted by molar-refractivity contribution is 14.1. The molecule has 1 aromatic carbocycles. The summed E-state index contributed by atoms with van der Waals surface area (Å²) in [6.45, 7) is 5.49. The molecule has 5 nitrogen and oxygen atoms in total.